The average molecular weight is 333 g/mol. The Kier molecular flexibility index (Phi) is 3.78. The van der Waals surface area contributed by atoms with Crippen molar-refractivity contribution in [2.45, 2.75) is 25.2 Å². The molecule has 2 N–H and O–H groups in total. The zero-order valence-electron chi connectivity index (χ0n) is 13.6. The molecule has 2 unspecified atom stereocenters. The number of urea groups is 2. The molecule has 4 atom stereocenters. The van der Waals surface area contributed by atoms with Gasteiger partial charge in [0.1, 0.15) is 6.17 Å². The van der Waals surface area contributed by atoms with E-state index in [1.807, 2.05) is 6.92 Å². The molecule has 9 heteroatoms. The molecular formula is C15H19N5O4. The van der Waals surface area contributed by atoms with Crippen LogP contribution in [0.25, 0.3) is 0 Å². The normalized spacial score (nSPS) is 29.6. The third-order valence-corrected chi connectivity index (χ3v) is 4.85. The SMILES string of the molecule is CC1NC(=O)N(C)[C@H]2NC(=O)N(C)C(c3ccc([N+](=O)[O-])cc3)[C@H]12. The van der Waals surface area contributed by atoms with Crippen LogP contribution < -0.4 is 10.6 Å². The van der Waals surface area contributed by atoms with Crippen molar-refractivity contribution in [2.75, 3.05) is 14.1 Å². The first-order valence-electron chi connectivity index (χ1n) is 7.62. The molecule has 0 radical (unpaired) electrons. The van der Waals surface area contributed by atoms with Crippen molar-refractivity contribution in [3.8, 4) is 0 Å². The van der Waals surface area contributed by atoms with Gasteiger partial charge in [0, 0.05) is 38.2 Å². The predicted molar refractivity (Wildman–Crippen MR) is 85.2 cm³/mol. The van der Waals surface area contributed by atoms with E-state index in [0.29, 0.717) is 0 Å². The maximum atomic E-state index is 12.3. The zero-order valence-corrected chi connectivity index (χ0v) is 13.6. The van der Waals surface area contributed by atoms with Crippen LogP contribution in [0, 0.1) is 16.0 Å². The highest BCUT2D eigenvalue weighted by Gasteiger charge is 2.49. The maximum absolute atomic E-state index is 12.3. The first-order chi connectivity index (χ1) is 11.3. The molecule has 0 aromatic heterocycles. The van der Waals surface area contributed by atoms with Crippen LogP contribution >= 0.6 is 0 Å². The Balaban J connectivity index is 2.01. The highest BCUT2D eigenvalue weighted by Crippen LogP contribution is 2.38. The van der Waals surface area contributed by atoms with E-state index < -0.39 is 11.1 Å². The van der Waals surface area contributed by atoms with Gasteiger partial charge in [0.25, 0.3) is 5.69 Å². The summed E-state index contributed by atoms with van der Waals surface area (Å²) in [6, 6.07) is 5.20. The molecule has 4 amide bonds. The first-order valence-corrected chi connectivity index (χ1v) is 7.62. The Morgan fingerprint density at radius 3 is 2.21 bits per heavy atom. The molecule has 128 valence electrons. The van der Waals surface area contributed by atoms with Crippen molar-refractivity contribution in [1.29, 1.82) is 0 Å². The number of hydrogen-bond acceptors (Lipinski definition) is 4. The molecule has 1 aromatic rings. The molecule has 0 bridgehead atoms. The third-order valence-electron chi connectivity index (χ3n) is 4.85. The molecule has 2 fully saturated rings. The monoisotopic (exact) mass is 333 g/mol. The number of non-ortho nitro benzene ring substituents is 1. The van der Waals surface area contributed by atoms with Crippen molar-refractivity contribution < 1.29 is 14.5 Å². The van der Waals surface area contributed by atoms with Crippen LogP contribution in [0.5, 0.6) is 0 Å². The molecule has 2 saturated heterocycles. The Hall–Kier alpha value is -2.84. The van der Waals surface area contributed by atoms with E-state index in [0.717, 1.165) is 5.56 Å². The quantitative estimate of drug-likeness (QED) is 0.628. The number of hydrogen-bond donors (Lipinski definition) is 2. The summed E-state index contributed by atoms with van der Waals surface area (Å²) in [6.45, 7) is 1.90. The van der Waals surface area contributed by atoms with Gasteiger partial charge in [-0.1, -0.05) is 12.1 Å². The lowest BCUT2D eigenvalue weighted by molar-refractivity contribution is -0.384. The fourth-order valence-electron chi connectivity index (χ4n) is 3.54. The Morgan fingerprint density at radius 1 is 1.04 bits per heavy atom. The summed E-state index contributed by atoms with van der Waals surface area (Å²) < 4.78 is 0. The van der Waals surface area contributed by atoms with Crippen molar-refractivity contribution in [3.05, 3.63) is 39.9 Å². The lowest BCUT2D eigenvalue weighted by Crippen LogP contribution is -2.71. The number of carbonyl (C=O) groups is 2. The second kappa shape index (κ2) is 5.66. The molecule has 0 saturated carbocycles. The number of nitro benzene ring substituents is 1. The number of nitrogens with one attached hydrogen (secondary N) is 2. The van der Waals surface area contributed by atoms with Gasteiger partial charge in [0.2, 0.25) is 0 Å². The molecule has 24 heavy (non-hydrogen) atoms. The average Bonchev–Trinajstić information content (AvgIpc) is 2.54. The van der Waals surface area contributed by atoms with Gasteiger partial charge >= 0.3 is 12.1 Å². The zero-order chi connectivity index (χ0) is 17.6. The molecule has 1 aromatic carbocycles. The van der Waals surface area contributed by atoms with Crippen molar-refractivity contribution in [2.24, 2.45) is 5.92 Å². The molecule has 0 aliphatic carbocycles. The first kappa shape index (κ1) is 16.0. The van der Waals surface area contributed by atoms with Gasteiger partial charge in [-0.25, -0.2) is 9.59 Å². The molecule has 2 heterocycles. The molecule has 0 spiro atoms. The number of rotatable bonds is 2. The minimum Gasteiger partial charge on any atom is -0.335 e. The largest absolute Gasteiger partial charge is 0.335 e. The van der Waals surface area contributed by atoms with Crippen LogP contribution in [0.15, 0.2) is 24.3 Å². The van der Waals surface area contributed by atoms with E-state index in [2.05, 4.69) is 10.6 Å². The summed E-state index contributed by atoms with van der Waals surface area (Å²) in [5.41, 5.74) is 0.796. The van der Waals surface area contributed by atoms with Crippen molar-refractivity contribution >= 4 is 17.7 Å². The van der Waals surface area contributed by atoms with Crippen molar-refractivity contribution in [1.82, 2.24) is 20.4 Å². The predicted octanol–water partition coefficient (Wildman–Crippen LogP) is 1.28. The van der Waals surface area contributed by atoms with Crippen molar-refractivity contribution in [3.63, 3.8) is 0 Å². The fourth-order valence-corrected chi connectivity index (χ4v) is 3.54. The molecule has 9 nitrogen and oxygen atoms in total. The Bertz CT molecular complexity index is 692. The number of nitro groups is 1. The maximum Gasteiger partial charge on any atom is 0.319 e. The Labute approximate surface area is 138 Å². The topological polar surface area (TPSA) is 108 Å². The number of nitrogens with zero attached hydrogens (tertiary/aromatic N) is 3. The smallest absolute Gasteiger partial charge is 0.319 e. The van der Waals surface area contributed by atoms with Crippen LogP contribution in [-0.2, 0) is 0 Å². The van der Waals surface area contributed by atoms with Crippen LogP contribution in [0.4, 0.5) is 15.3 Å². The number of carbonyl (C=O) groups excluding carboxylic acids is 2. The number of benzene rings is 1. The lowest BCUT2D eigenvalue weighted by atomic mass is 9.81. The number of fused-ring (bicyclic) bond motifs is 1. The van der Waals surface area contributed by atoms with E-state index in [1.165, 1.54) is 17.0 Å². The summed E-state index contributed by atoms with van der Waals surface area (Å²) >= 11 is 0. The minimum absolute atomic E-state index is 0.000303. The van der Waals surface area contributed by atoms with Gasteiger partial charge in [-0.05, 0) is 12.5 Å². The van der Waals surface area contributed by atoms with Gasteiger partial charge in [0.15, 0.2) is 0 Å². The number of amides is 4. The van der Waals surface area contributed by atoms with E-state index in [9.17, 15) is 19.7 Å². The van der Waals surface area contributed by atoms with Gasteiger partial charge < -0.3 is 20.4 Å². The third kappa shape index (κ3) is 2.41. The van der Waals surface area contributed by atoms with E-state index >= 15 is 0 Å². The van der Waals surface area contributed by atoms with Crippen LogP contribution in [0.2, 0.25) is 0 Å². The highest BCUT2D eigenvalue weighted by atomic mass is 16.6. The molecule has 2 aliphatic rings. The second-order valence-electron chi connectivity index (χ2n) is 6.23. The molecule has 3 rings (SSSR count). The Morgan fingerprint density at radius 2 is 1.62 bits per heavy atom. The summed E-state index contributed by atoms with van der Waals surface area (Å²) in [6.07, 6.45) is -0.433. The van der Waals surface area contributed by atoms with E-state index in [-0.39, 0.29) is 35.8 Å². The van der Waals surface area contributed by atoms with Gasteiger partial charge in [0.05, 0.1) is 11.0 Å². The lowest BCUT2D eigenvalue weighted by Gasteiger charge is -2.52. The standard InChI is InChI=1S/C15H19N5O4/c1-8-11-12(9-4-6-10(7-5-9)20(23)24)18(2)15(22)17-13(11)19(3)14(21)16-8/h4-8,11-13H,1-3H3,(H,16,21)(H,17,22)/t8?,11-,12?,13+/m0/s1. The van der Waals surface area contributed by atoms with Gasteiger partial charge in [-0.3, -0.25) is 10.1 Å². The second-order valence-corrected chi connectivity index (χ2v) is 6.23. The molecule has 2 aliphatic heterocycles. The van der Waals surface area contributed by atoms with Gasteiger partial charge in [-0.2, -0.15) is 0 Å². The summed E-state index contributed by atoms with van der Waals surface area (Å²) in [5, 5.41) is 16.6. The summed E-state index contributed by atoms with van der Waals surface area (Å²) in [4.78, 5) is 37.7. The summed E-state index contributed by atoms with van der Waals surface area (Å²) in [5.74, 6) is -0.100. The minimum atomic E-state index is -0.457. The highest BCUT2D eigenvalue weighted by molar-refractivity contribution is 5.80. The van der Waals surface area contributed by atoms with E-state index in [4.69, 9.17) is 0 Å². The molecular weight excluding hydrogens is 314 g/mol. The van der Waals surface area contributed by atoms with E-state index in [1.54, 1.807) is 31.1 Å². The summed E-state index contributed by atoms with van der Waals surface area (Å²) in [7, 11) is 3.32. The fraction of sp³-hybridized carbons (Fsp3) is 0.467. The van der Waals surface area contributed by atoms with Crippen LogP contribution in [0.3, 0.4) is 0 Å². The van der Waals surface area contributed by atoms with Crippen LogP contribution in [-0.4, -0.2) is 53.1 Å². The van der Waals surface area contributed by atoms with Gasteiger partial charge in [-0.15, -0.1) is 0 Å². The van der Waals surface area contributed by atoms with Crippen LogP contribution in [0.1, 0.15) is 18.5 Å².